The zero-order valence-electron chi connectivity index (χ0n) is 14.7. The molecule has 0 spiro atoms. The number of hydrogen-bond donors (Lipinski definition) is 1. The summed E-state index contributed by atoms with van der Waals surface area (Å²) in [6, 6.07) is 5.84. The first-order valence-corrected chi connectivity index (χ1v) is 8.01. The molecule has 2 rings (SSSR count). The summed E-state index contributed by atoms with van der Waals surface area (Å²) in [5.74, 6) is 0.527. The number of nitro groups is 1. The van der Waals surface area contributed by atoms with Crippen molar-refractivity contribution < 1.29 is 18.9 Å². The SMILES string of the molecule is COCCCNC(=O)CN(C)Cc1nnc(-c2ccc([N+](=O)[O-])cc2)o1. The van der Waals surface area contributed by atoms with E-state index in [9.17, 15) is 14.9 Å². The van der Waals surface area contributed by atoms with Crippen molar-refractivity contribution in [3.05, 3.63) is 40.3 Å². The second-order valence-corrected chi connectivity index (χ2v) is 5.67. The van der Waals surface area contributed by atoms with Crippen LogP contribution in [-0.4, -0.2) is 59.8 Å². The van der Waals surface area contributed by atoms with E-state index in [0.717, 1.165) is 6.42 Å². The molecule has 1 amide bonds. The van der Waals surface area contributed by atoms with Crippen molar-refractivity contribution in [2.45, 2.75) is 13.0 Å². The van der Waals surface area contributed by atoms with Crippen LogP contribution in [0.15, 0.2) is 28.7 Å². The van der Waals surface area contributed by atoms with E-state index in [4.69, 9.17) is 9.15 Å². The lowest BCUT2D eigenvalue weighted by Gasteiger charge is -2.13. The van der Waals surface area contributed by atoms with Crippen molar-refractivity contribution in [3.8, 4) is 11.5 Å². The summed E-state index contributed by atoms with van der Waals surface area (Å²) in [4.78, 5) is 23.8. The van der Waals surface area contributed by atoms with E-state index in [1.165, 1.54) is 12.1 Å². The topological polar surface area (TPSA) is 124 Å². The van der Waals surface area contributed by atoms with Gasteiger partial charge in [-0.2, -0.15) is 0 Å². The van der Waals surface area contributed by atoms with Crippen LogP contribution in [-0.2, 0) is 16.1 Å². The Balaban J connectivity index is 1.85. The summed E-state index contributed by atoms with van der Waals surface area (Å²) < 4.78 is 10.5. The van der Waals surface area contributed by atoms with Gasteiger partial charge < -0.3 is 14.5 Å². The fourth-order valence-electron chi connectivity index (χ4n) is 2.19. The molecule has 0 aliphatic heterocycles. The summed E-state index contributed by atoms with van der Waals surface area (Å²) in [6.45, 7) is 1.67. The lowest BCUT2D eigenvalue weighted by atomic mass is 10.2. The fraction of sp³-hybridized carbons (Fsp3) is 0.438. The molecular weight excluding hydrogens is 342 g/mol. The van der Waals surface area contributed by atoms with Crippen LogP contribution in [0.1, 0.15) is 12.3 Å². The molecule has 0 saturated carbocycles. The third kappa shape index (κ3) is 5.90. The van der Waals surface area contributed by atoms with Crippen molar-refractivity contribution in [1.29, 1.82) is 0 Å². The Morgan fingerprint density at radius 2 is 2.08 bits per heavy atom. The summed E-state index contributed by atoms with van der Waals surface area (Å²) in [5, 5.41) is 21.3. The maximum absolute atomic E-state index is 11.8. The highest BCUT2D eigenvalue weighted by atomic mass is 16.6. The number of ether oxygens (including phenoxy) is 1. The molecule has 0 atom stereocenters. The van der Waals surface area contributed by atoms with Gasteiger partial charge in [0.1, 0.15) is 0 Å². The number of amides is 1. The van der Waals surface area contributed by atoms with Crippen LogP contribution in [0.4, 0.5) is 5.69 Å². The lowest BCUT2D eigenvalue weighted by Crippen LogP contribution is -2.35. The van der Waals surface area contributed by atoms with Crippen molar-refractivity contribution in [1.82, 2.24) is 20.4 Å². The van der Waals surface area contributed by atoms with Crippen LogP contribution in [0.5, 0.6) is 0 Å². The first-order valence-electron chi connectivity index (χ1n) is 8.01. The van der Waals surface area contributed by atoms with Crippen LogP contribution < -0.4 is 5.32 Å². The Kier molecular flexibility index (Phi) is 7.18. The molecule has 0 saturated heterocycles. The predicted octanol–water partition coefficient (Wildman–Crippen LogP) is 1.23. The smallest absolute Gasteiger partial charge is 0.269 e. The number of nitrogens with one attached hydrogen (secondary N) is 1. The molecule has 0 fully saturated rings. The Morgan fingerprint density at radius 1 is 1.35 bits per heavy atom. The maximum Gasteiger partial charge on any atom is 0.269 e. The van der Waals surface area contributed by atoms with E-state index in [1.54, 1.807) is 31.2 Å². The van der Waals surface area contributed by atoms with Crippen molar-refractivity contribution in [2.24, 2.45) is 0 Å². The van der Waals surface area contributed by atoms with E-state index in [1.807, 2.05) is 0 Å². The number of aromatic nitrogens is 2. The summed E-state index contributed by atoms with van der Waals surface area (Å²) in [6.07, 6.45) is 0.758. The number of carbonyl (C=O) groups excluding carboxylic acids is 1. The molecule has 0 unspecified atom stereocenters. The molecule has 1 aromatic heterocycles. The second-order valence-electron chi connectivity index (χ2n) is 5.67. The minimum Gasteiger partial charge on any atom is -0.419 e. The Hall–Kier alpha value is -2.85. The maximum atomic E-state index is 11.8. The van der Waals surface area contributed by atoms with Gasteiger partial charge in [-0.05, 0) is 25.6 Å². The first kappa shape index (κ1) is 19.5. The Bertz CT molecular complexity index is 731. The molecule has 0 bridgehead atoms. The Labute approximate surface area is 150 Å². The number of nitro benzene ring substituents is 1. The van der Waals surface area contributed by atoms with Crippen LogP contribution >= 0.6 is 0 Å². The third-order valence-corrected chi connectivity index (χ3v) is 3.46. The van der Waals surface area contributed by atoms with Crippen molar-refractivity contribution >= 4 is 11.6 Å². The lowest BCUT2D eigenvalue weighted by molar-refractivity contribution is -0.384. The molecule has 0 aliphatic carbocycles. The molecule has 0 radical (unpaired) electrons. The highest BCUT2D eigenvalue weighted by Gasteiger charge is 2.14. The number of non-ortho nitro benzene ring substituents is 1. The summed E-state index contributed by atoms with van der Waals surface area (Å²) >= 11 is 0. The number of methoxy groups -OCH3 is 1. The third-order valence-electron chi connectivity index (χ3n) is 3.46. The number of hydrogen-bond acceptors (Lipinski definition) is 8. The van der Waals surface area contributed by atoms with Crippen LogP contribution in [0.25, 0.3) is 11.5 Å². The molecule has 1 aromatic carbocycles. The number of nitrogens with zero attached hydrogens (tertiary/aromatic N) is 4. The molecule has 10 heteroatoms. The van der Waals surface area contributed by atoms with Crippen molar-refractivity contribution in [3.63, 3.8) is 0 Å². The number of benzene rings is 1. The van der Waals surface area contributed by atoms with Crippen LogP contribution in [0.2, 0.25) is 0 Å². The van der Waals surface area contributed by atoms with Gasteiger partial charge in [0.2, 0.25) is 17.7 Å². The predicted molar refractivity (Wildman–Crippen MR) is 92.2 cm³/mol. The second kappa shape index (κ2) is 9.59. The van der Waals surface area contributed by atoms with E-state index >= 15 is 0 Å². The highest BCUT2D eigenvalue weighted by Crippen LogP contribution is 2.21. The Morgan fingerprint density at radius 3 is 2.73 bits per heavy atom. The van der Waals surface area contributed by atoms with Gasteiger partial charge in [0.15, 0.2) is 0 Å². The molecule has 26 heavy (non-hydrogen) atoms. The standard InChI is InChI=1S/C16H21N5O5/c1-20(10-14(22)17-8-3-9-25-2)11-15-18-19-16(26-15)12-4-6-13(7-5-12)21(23)24/h4-7H,3,8-11H2,1-2H3,(H,17,22). The molecule has 1 heterocycles. The molecule has 1 N–H and O–H groups in total. The molecule has 2 aromatic rings. The monoisotopic (exact) mass is 363 g/mol. The normalized spacial score (nSPS) is 10.9. The number of likely N-dealkylation sites (N-methyl/N-ethyl adjacent to an activating group) is 1. The number of carbonyl (C=O) groups is 1. The van der Waals surface area contributed by atoms with Gasteiger partial charge in [-0.25, -0.2) is 0 Å². The van der Waals surface area contributed by atoms with Crippen LogP contribution in [0, 0.1) is 10.1 Å². The summed E-state index contributed by atoms with van der Waals surface area (Å²) in [7, 11) is 3.38. The largest absolute Gasteiger partial charge is 0.419 e. The summed E-state index contributed by atoms with van der Waals surface area (Å²) in [5.41, 5.74) is 0.581. The molecule has 0 aliphatic rings. The molecule has 10 nitrogen and oxygen atoms in total. The average Bonchev–Trinajstić information content (AvgIpc) is 3.07. The fourth-order valence-corrected chi connectivity index (χ4v) is 2.19. The zero-order chi connectivity index (χ0) is 18.9. The minimum atomic E-state index is -0.474. The van der Waals surface area contributed by atoms with Crippen LogP contribution in [0.3, 0.4) is 0 Å². The van der Waals surface area contributed by atoms with Gasteiger partial charge in [-0.15, -0.1) is 10.2 Å². The van der Waals surface area contributed by atoms with E-state index in [-0.39, 0.29) is 24.0 Å². The minimum absolute atomic E-state index is 0.00951. The number of rotatable bonds is 10. The first-order chi connectivity index (χ1) is 12.5. The molecule has 140 valence electrons. The average molecular weight is 363 g/mol. The van der Waals surface area contributed by atoms with E-state index in [2.05, 4.69) is 15.5 Å². The van der Waals surface area contributed by atoms with Gasteiger partial charge >= 0.3 is 0 Å². The van der Waals surface area contributed by atoms with Gasteiger partial charge in [-0.3, -0.25) is 19.8 Å². The van der Waals surface area contributed by atoms with E-state index < -0.39 is 4.92 Å². The van der Waals surface area contributed by atoms with Gasteiger partial charge in [0.25, 0.3) is 5.69 Å². The van der Waals surface area contributed by atoms with Gasteiger partial charge in [0, 0.05) is 38.0 Å². The van der Waals surface area contributed by atoms with Gasteiger partial charge in [-0.1, -0.05) is 0 Å². The molecular formula is C16H21N5O5. The van der Waals surface area contributed by atoms with E-state index in [0.29, 0.717) is 31.2 Å². The highest BCUT2D eigenvalue weighted by molar-refractivity contribution is 5.77. The quantitative estimate of drug-likeness (QED) is 0.380. The van der Waals surface area contributed by atoms with Crippen molar-refractivity contribution in [2.75, 3.05) is 33.9 Å². The van der Waals surface area contributed by atoms with Gasteiger partial charge in [0.05, 0.1) is 18.0 Å². The zero-order valence-corrected chi connectivity index (χ0v) is 14.7.